The summed E-state index contributed by atoms with van der Waals surface area (Å²) in [6.07, 6.45) is 0.492. The Balaban J connectivity index is 1.82. The number of ether oxygens (including phenoxy) is 1. The Labute approximate surface area is 194 Å². The maximum atomic E-state index is 13.3. The van der Waals surface area contributed by atoms with E-state index in [4.69, 9.17) is 16.3 Å². The second-order valence-corrected chi connectivity index (χ2v) is 8.44. The quantitative estimate of drug-likeness (QED) is 0.485. The van der Waals surface area contributed by atoms with Gasteiger partial charge in [-0.05, 0) is 49.4 Å². The van der Waals surface area contributed by atoms with Crippen molar-refractivity contribution in [2.45, 2.75) is 45.8 Å². The second-order valence-electron chi connectivity index (χ2n) is 8.00. The molecule has 1 atom stereocenters. The van der Waals surface area contributed by atoms with Crippen molar-refractivity contribution in [3.8, 4) is 5.75 Å². The molecule has 5 nitrogen and oxygen atoms in total. The summed E-state index contributed by atoms with van der Waals surface area (Å²) in [4.78, 5) is 27.8. The Morgan fingerprint density at radius 2 is 1.69 bits per heavy atom. The van der Waals surface area contributed by atoms with Crippen molar-refractivity contribution in [1.82, 2.24) is 10.2 Å². The van der Waals surface area contributed by atoms with Crippen LogP contribution in [0.1, 0.15) is 32.8 Å². The number of fused-ring (bicyclic) bond motifs is 1. The number of carbonyl (C=O) groups is 2. The van der Waals surface area contributed by atoms with E-state index in [1.54, 1.807) is 17.0 Å². The number of amides is 2. The summed E-state index contributed by atoms with van der Waals surface area (Å²) in [6, 6.07) is 20.3. The van der Waals surface area contributed by atoms with Gasteiger partial charge < -0.3 is 15.0 Å². The standard InChI is InChI=1S/C26H29ClN2O3/c1-4-23(26(31)28-18(2)3)29(16-19-12-14-21(27)15-13-19)25(30)17-32-24-11-7-9-20-8-5-6-10-22(20)24/h5-15,18,23H,4,16-17H2,1-3H3,(H,28,31)/t23-/m0/s1. The predicted octanol–water partition coefficient (Wildman–Crippen LogP) is 5.20. The lowest BCUT2D eigenvalue weighted by atomic mass is 10.1. The average Bonchev–Trinajstić information content (AvgIpc) is 2.78. The Bertz CT molecular complexity index is 1060. The summed E-state index contributed by atoms with van der Waals surface area (Å²) < 4.78 is 5.93. The van der Waals surface area contributed by atoms with Crippen molar-refractivity contribution in [2.75, 3.05) is 6.61 Å². The first kappa shape index (κ1) is 23.6. The predicted molar refractivity (Wildman–Crippen MR) is 129 cm³/mol. The van der Waals surface area contributed by atoms with Crippen LogP contribution in [-0.2, 0) is 16.1 Å². The Morgan fingerprint density at radius 1 is 1.00 bits per heavy atom. The van der Waals surface area contributed by atoms with Crippen molar-refractivity contribution >= 4 is 34.2 Å². The molecule has 3 rings (SSSR count). The molecule has 6 heteroatoms. The molecule has 0 saturated heterocycles. The van der Waals surface area contributed by atoms with Gasteiger partial charge in [0.05, 0.1) is 0 Å². The molecule has 32 heavy (non-hydrogen) atoms. The molecule has 0 aliphatic heterocycles. The van der Waals surface area contributed by atoms with Gasteiger partial charge in [-0.2, -0.15) is 0 Å². The van der Waals surface area contributed by atoms with Gasteiger partial charge in [0.1, 0.15) is 11.8 Å². The molecule has 3 aromatic carbocycles. The highest BCUT2D eigenvalue weighted by molar-refractivity contribution is 6.30. The summed E-state index contributed by atoms with van der Waals surface area (Å²) in [7, 11) is 0. The highest BCUT2D eigenvalue weighted by Crippen LogP contribution is 2.25. The van der Waals surface area contributed by atoms with Crippen molar-refractivity contribution < 1.29 is 14.3 Å². The van der Waals surface area contributed by atoms with E-state index in [9.17, 15) is 9.59 Å². The van der Waals surface area contributed by atoms with E-state index in [1.807, 2.05) is 75.4 Å². The molecule has 0 spiro atoms. The van der Waals surface area contributed by atoms with Gasteiger partial charge in [-0.3, -0.25) is 9.59 Å². The third kappa shape index (κ3) is 6.01. The molecule has 0 bridgehead atoms. The van der Waals surface area contributed by atoms with Crippen molar-refractivity contribution in [3.05, 3.63) is 77.3 Å². The topological polar surface area (TPSA) is 58.6 Å². The monoisotopic (exact) mass is 452 g/mol. The molecule has 0 aliphatic carbocycles. The molecular formula is C26H29ClN2O3. The van der Waals surface area contributed by atoms with Crippen LogP contribution in [-0.4, -0.2) is 35.4 Å². The zero-order chi connectivity index (χ0) is 23.1. The summed E-state index contributed by atoms with van der Waals surface area (Å²) in [5.74, 6) is 0.219. The van der Waals surface area contributed by atoms with E-state index in [2.05, 4.69) is 5.32 Å². The fourth-order valence-electron chi connectivity index (χ4n) is 3.63. The van der Waals surface area contributed by atoms with E-state index in [0.717, 1.165) is 16.3 Å². The molecule has 3 aromatic rings. The van der Waals surface area contributed by atoms with E-state index in [0.29, 0.717) is 23.7 Å². The van der Waals surface area contributed by atoms with Crippen LogP contribution in [0.5, 0.6) is 5.75 Å². The number of nitrogens with zero attached hydrogens (tertiary/aromatic N) is 1. The van der Waals surface area contributed by atoms with Gasteiger partial charge in [0.2, 0.25) is 5.91 Å². The second kappa shape index (κ2) is 11.0. The van der Waals surface area contributed by atoms with Crippen LogP contribution in [0, 0.1) is 0 Å². The van der Waals surface area contributed by atoms with Crippen molar-refractivity contribution in [3.63, 3.8) is 0 Å². The van der Waals surface area contributed by atoms with Gasteiger partial charge in [0, 0.05) is 23.0 Å². The lowest BCUT2D eigenvalue weighted by molar-refractivity contribution is -0.143. The lowest BCUT2D eigenvalue weighted by Crippen LogP contribution is -2.51. The molecule has 2 amide bonds. The summed E-state index contributed by atoms with van der Waals surface area (Å²) in [5.41, 5.74) is 0.892. The minimum atomic E-state index is -0.600. The van der Waals surface area contributed by atoms with Gasteiger partial charge in [0.25, 0.3) is 5.91 Å². The SMILES string of the molecule is CC[C@@H](C(=O)NC(C)C)N(Cc1ccc(Cl)cc1)C(=O)COc1cccc2ccccc12. The molecule has 0 fully saturated rings. The number of rotatable bonds is 9. The van der Waals surface area contributed by atoms with E-state index < -0.39 is 6.04 Å². The molecule has 0 heterocycles. The number of nitrogens with one attached hydrogen (secondary N) is 1. The fraction of sp³-hybridized carbons (Fsp3) is 0.308. The molecule has 0 aliphatic rings. The van der Waals surface area contributed by atoms with Crippen LogP contribution in [0.2, 0.25) is 5.02 Å². The third-order valence-corrected chi connectivity index (χ3v) is 5.44. The van der Waals surface area contributed by atoms with Crippen LogP contribution in [0.4, 0.5) is 0 Å². The lowest BCUT2D eigenvalue weighted by Gasteiger charge is -2.31. The Hall–Kier alpha value is -3.05. The normalized spacial score (nSPS) is 11.9. The molecule has 0 unspecified atom stereocenters. The average molecular weight is 453 g/mol. The molecule has 0 saturated carbocycles. The fourth-order valence-corrected chi connectivity index (χ4v) is 3.76. The minimum absolute atomic E-state index is 0.0176. The highest BCUT2D eigenvalue weighted by atomic mass is 35.5. The molecule has 1 N–H and O–H groups in total. The number of carbonyl (C=O) groups excluding carboxylic acids is 2. The van der Waals surface area contributed by atoms with E-state index in [-0.39, 0.29) is 24.5 Å². The van der Waals surface area contributed by atoms with Crippen LogP contribution in [0.3, 0.4) is 0 Å². The third-order valence-electron chi connectivity index (χ3n) is 5.18. The first-order chi connectivity index (χ1) is 15.4. The van der Waals surface area contributed by atoms with Crippen molar-refractivity contribution in [2.24, 2.45) is 0 Å². The smallest absolute Gasteiger partial charge is 0.261 e. The molecule has 0 aromatic heterocycles. The van der Waals surface area contributed by atoms with Gasteiger partial charge >= 0.3 is 0 Å². The first-order valence-electron chi connectivity index (χ1n) is 10.8. The van der Waals surface area contributed by atoms with Crippen LogP contribution < -0.4 is 10.1 Å². The van der Waals surface area contributed by atoms with Gasteiger partial charge in [-0.15, -0.1) is 0 Å². The van der Waals surface area contributed by atoms with E-state index >= 15 is 0 Å². The number of hydrogen-bond acceptors (Lipinski definition) is 3. The number of hydrogen-bond donors (Lipinski definition) is 1. The number of benzene rings is 3. The van der Waals surface area contributed by atoms with E-state index in [1.165, 1.54) is 0 Å². The summed E-state index contributed by atoms with van der Waals surface area (Å²) in [5, 5.41) is 5.53. The molecule has 168 valence electrons. The minimum Gasteiger partial charge on any atom is -0.483 e. The largest absolute Gasteiger partial charge is 0.483 e. The summed E-state index contributed by atoms with van der Waals surface area (Å²) in [6.45, 7) is 5.84. The van der Waals surface area contributed by atoms with Crippen LogP contribution >= 0.6 is 11.6 Å². The molecular weight excluding hydrogens is 424 g/mol. The van der Waals surface area contributed by atoms with Crippen molar-refractivity contribution in [1.29, 1.82) is 0 Å². The maximum Gasteiger partial charge on any atom is 0.261 e. The maximum absolute atomic E-state index is 13.3. The van der Waals surface area contributed by atoms with Gasteiger partial charge in [-0.25, -0.2) is 0 Å². The highest BCUT2D eigenvalue weighted by Gasteiger charge is 2.29. The molecule has 0 radical (unpaired) electrons. The Morgan fingerprint density at radius 3 is 2.38 bits per heavy atom. The van der Waals surface area contributed by atoms with Gasteiger partial charge in [-0.1, -0.05) is 67.1 Å². The van der Waals surface area contributed by atoms with Gasteiger partial charge in [0.15, 0.2) is 6.61 Å². The number of halogens is 1. The zero-order valence-corrected chi connectivity index (χ0v) is 19.4. The van der Waals surface area contributed by atoms with Crippen LogP contribution in [0.25, 0.3) is 10.8 Å². The first-order valence-corrected chi connectivity index (χ1v) is 11.2. The van der Waals surface area contributed by atoms with Crippen LogP contribution in [0.15, 0.2) is 66.7 Å². The zero-order valence-electron chi connectivity index (χ0n) is 18.7. The Kier molecular flexibility index (Phi) is 8.12. The summed E-state index contributed by atoms with van der Waals surface area (Å²) >= 11 is 6.01.